The molecule has 0 aliphatic carbocycles. The molecular weight excluding hydrogens is 284 g/mol. The molecule has 0 aromatic heterocycles. The molecule has 2 saturated heterocycles. The van der Waals surface area contributed by atoms with Crippen molar-refractivity contribution in [2.75, 3.05) is 46.3 Å². The maximum atomic E-state index is 4.50. The molecule has 2 atom stereocenters. The number of hydrogen-bond acceptors (Lipinski definition) is 2. The first kappa shape index (κ1) is 18.6. The minimum absolute atomic E-state index is 0.779. The van der Waals surface area contributed by atoms with Crippen LogP contribution in [0.15, 0.2) is 4.99 Å². The fourth-order valence-electron chi connectivity index (χ4n) is 4.19. The molecule has 4 nitrogen and oxygen atoms in total. The molecule has 2 fully saturated rings. The Morgan fingerprint density at radius 3 is 2.35 bits per heavy atom. The summed E-state index contributed by atoms with van der Waals surface area (Å²) in [6, 6.07) is 0. The predicted molar refractivity (Wildman–Crippen MR) is 100 cm³/mol. The monoisotopic (exact) mass is 322 g/mol. The second-order valence-electron chi connectivity index (χ2n) is 7.79. The van der Waals surface area contributed by atoms with Gasteiger partial charge in [0.15, 0.2) is 5.96 Å². The zero-order valence-corrected chi connectivity index (χ0v) is 15.7. The highest BCUT2D eigenvalue weighted by Crippen LogP contribution is 2.20. The summed E-state index contributed by atoms with van der Waals surface area (Å²) in [4.78, 5) is 9.59. The molecule has 0 saturated carbocycles. The molecule has 2 aliphatic heterocycles. The van der Waals surface area contributed by atoms with Gasteiger partial charge in [0, 0.05) is 26.7 Å². The quantitative estimate of drug-likeness (QED) is 0.463. The molecule has 2 rings (SSSR count). The van der Waals surface area contributed by atoms with Gasteiger partial charge in [0.05, 0.1) is 0 Å². The highest BCUT2D eigenvalue weighted by Gasteiger charge is 2.23. The van der Waals surface area contributed by atoms with Gasteiger partial charge in [-0.15, -0.1) is 0 Å². The summed E-state index contributed by atoms with van der Waals surface area (Å²) in [5.74, 6) is 2.67. The molecule has 2 heterocycles. The molecular formula is C19H38N4. The highest BCUT2D eigenvalue weighted by molar-refractivity contribution is 5.79. The van der Waals surface area contributed by atoms with E-state index in [1.807, 2.05) is 7.05 Å². The van der Waals surface area contributed by atoms with Crippen LogP contribution in [-0.4, -0.2) is 62.1 Å². The van der Waals surface area contributed by atoms with Crippen LogP contribution in [0.1, 0.15) is 58.8 Å². The number of nitrogens with zero attached hydrogens (tertiary/aromatic N) is 3. The maximum absolute atomic E-state index is 4.50. The van der Waals surface area contributed by atoms with Crippen LogP contribution in [-0.2, 0) is 0 Å². The fraction of sp³-hybridized carbons (Fsp3) is 0.947. The topological polar surface area (TPSA) is 30.9 Å². The Morgan fingerprint density at radius 1 is 1.00 bits per heavy atom. The number of hydrogen-bond donors (Lipinski definition) is 1. The van der Waals surface area contributed by atoms with Crippen LogP contribution in [0, 0.1) is 11.8 Å². The van der Waals surface area contributed by atoms with Gasteiger partial charge in [0.1, 0.15) is 0 Å². The van der Waals surface area contributed by atoms with Crippen molar-refractivity contribution >= 4 is 5.96 Å². The Labute approximate surface area is 143 Å². The normalized spacial score (nSPS) is 27.3. The number of piperidine rings is 2. The van der Waals surface area contributed by atoms with E-state index in [1.54, 1.807) is 0 Å². The van der Waals surface area contributed by atoms with Crippen molar-refractivity contribution in [3.63, 3.8) is 0 Å². The van der Waals surface area contributed by atoms with Crippen LogP contribution in [0.2, 0.25) is 0 Å². The van der Waals surface area contributed by atoms with Gasteiger partial charge in [0.25, 0.3) is 0 Å². The lowest BCUT2D eigenvalue weighted by atomic mass is 9.92. The summed E-state index contributed by atoms with van der Waals surface area (Å²) in [6.45, 7) is 12.0. The Morgan fingerprint density at radius 2 is 1.70 bits per heavy atom. The average molecular weight is 323 g/mol. The van der Waals surface area contributed by atoms with Crippen LogP contribution in [0.4, 0.5) is 0 Å². The summed E-state index contributed by atoms with van der Waals surface area (Å²) < 4.78 is 0. The van der Waals surface area contributed by atoms with Crippen LogP contribution >= 0.6 is 0 Å². The van der Waals surface area contributed by atoms with Crippen molar-refractivity contribution < 1.29 is 0 Å². The van der Waals surface area contributed by atoms with Crippen molar-refractivity contribution in [3.05, 3.63) is 0 Å². The van der Waals surface area contributed by atoms with E-state index in [0.29, 0.717) is 0 Å². The van der Waals surface area contributed by atoms with E-state index in [9.17, 15) is 0 Å². The molecule has 23 heavy (non-hydrogen) atoms. The summed E-state index contributed by atoms with van der Waals surface area (Å²) in [6.07, 6.45) is 9.53. The van der Waals surface area contributed by atoms with Gasteiger partial charge in [-0.2, -0.15) is 0 Å². The molecule has 0 aromatic carbocycles. The number of rotatable bonds is 6. The third-order valence-corrected chi connectivity index (χ3v) is 5.26. The van der Waals surface area contributed by atoms with Crippen molar-refractivity contribution in [2.24, 2.45) is 16.8 Å². The summed E-state index contributed by atoms with van der Waals surface area (Å²) in [5.41, 5.74) is 0. The minimum Gasteiger partial charge on any atom is -0.356 e. The molecule has 4 heteroatoms. The van der Waals surface area contributed by atoms with Crippen molar-refractivity contribution in [1.82, 2.24) is 15.1 Å². The third-order valence-electron chi connectivity index (χ3n) is 5.26. The lowest BCUT2D eigenvalue weighted by Crippen LogP contribution is -2.48. The molecule has 0 spiro atoms. The number of unbranched alkanes of at least 4 members (excludes halogenated alkanes) is 2. The Kier molecular flexibility index (Phi) is 8.21. The van der Waals surface area contributed by atoms with Crippen LogP contribution < -0.4 is 5.32 Å². The second-order valence-corrected chi connectivity index (χ2v) is 7.79. The zero-order valence-electron chi connectivity index (χ0n) is 15.7. The summed E-state index contributed by atoms with van der Waals surface area (Å²) in [7, 11) is 1.92. The van der Waals surface area contributed by atoms with E-state index in [4.69, 9.17) is 0 Å². The smallest absolute Gasteiger partial charge is 0.193 e. The number of likely N-dealkylation sites (tertiary alicyclic amines) is 2. The van der Waals surface area contributed by atoms with Gasteiger partial charge in [-0.3, -0.25) is 4.99 Å². The first-order valence-electron chi connectivity index (χ1n) is 9.87. The Balaban J connectivity index is 1.56. The average Bonchev–Trinajstić information content (AvgIpc) is 2.54. The molecule has 0 amide bonds. The summed E-state index contributed by atoms with van der Waals surface area (Å²) in [5, 5.41) is 3.58. The van der Waals surface area contributed by atoms with Gasteiger partial charge in [0.2, 0.25) is 0 Å². The molecule has 0 aromatic rings. The van der Waals surface area contributed by atoms with Gasteiger partial charge < -0.3 is 15.1 Å². The standard InChI is InChI=1S/C19H38N4/c1-17-14-18(2)16-23(15-17)19(20-3)21-10-6-4-7-11-22-12-8-5-9-13-22/h17-18H,4-16H2,1-3H3,(H,20,21). The molecule has 134 valence electrons. The van der Waals surface area contributed by atoms with Crippen molar-refractivity contribution in [2.45, 2.75) is 58.8 Å². The fourth-order valence-corrected chi connectivity index (χ4v) is 4.19. The number of aliphatic imine (C=N–C) groups is 1. The van der Waals surface area contributed by atoms with Gasteiger partial charge in [-0.05, 0) is 63.6 Å². The Hall–Kier alpha value is -0.770. The van der Waals surface area contributed by atoms with Crippen LogP contribution in [0.5, 0.6) is 0 Å². The van der Waals surface area contributed by atoms with E-state index >= 15 is 0 Å². The lowest BCUT2D eigenvalue weighted by molar-refractivity contribution is 0.208. The van der Waals surface area contributed by atoms with Gasteiger partial charge in [-0.25, -0.2) is 0 Å². The molecule has 0 radical (unpaired) electrons. The third kappa shape index (κ3) is 6.70. The Bertz CT molecular complexity index is 339. The van der Waals surface area contributed by atoms with Crippen molar-refractivity contribution in [1.29, 1.82) is 0 Å². The highest BCUT2D eigenvalue weighted by atomic mass is 15.3. The van der Waals surface area contributed by atoms with E-state index in [0.717, 1.165) is 37.4 Å². The van der Waals surface area contributed by atoms with Crippen LogP contribution in [0.25, 0.3) is 0 Å². The molecule has 2 unspecified atom stereocenters. The first-order valence-corrected chi connectivity index (χ1v) is 9.87. The predicted octanol–water partition coefficient (Wildman–Crippen LogP) is 3.20. The zero-order chi connectivity index (χ0) is 16.5. The number of guanidine groups is 1. The van der Waals surface area contributed by atoms with E-state index < -0.39 is 0 Å². The summed E-state index contributed by atoms with van der Waals surface area (Å²) >= 11 is 0. The first-order chi connectivity index (χ1) is 11.2. The number of nitrogens with one attached hydrogen (secondary N) is 1. The van der Waals surface area contributed by atoms with E-state index in [2.05, 4.69) is 34.0 Å². The molecule has 2 aliphatic rings. The molecule has 1 N–H and O–H groups in total. The maximum Gasteiger partial charge on any atom is 0.193 e. The van der Waals surface area contributed by atoms with E-state index in [1.165, 1.54) is 64.6 Å². The molecule has 0 bridgehead atoms. The van der Waals surface area contributed by atoms with Gasteiger partial charge in [-0.1, -0.05) is 26.7 Å². The second kappa shape index (κ2) is 10.2. The van der Waals surface area contributed by atoms with Gasteiger partial charge >= 0.3 is 0 Å². The van der Waals surface area contributed by atoms with Crippen molar-refractivity contribution in [3.8, 4) is 0 Å². The SMILES string of the molecule is CN=C(NCCCCCN1CCCCC1)N1CC(C)CC(C)C1. The van der Waals surface area contributed by atoms with E-state index in [-0.39, 0.29) is 0 Å². The van der Waals surface area contributed by atoms with Crippen LogP contribution in [0.3, 0.4) is 0 Å². The minimum atomic E-state index is 0.779. The largest absolute Gasteiger partial charge is 0.356 e. The lowest BCUT2D eigenvalue weighted by Gasteiger charge is -2.37.